The Hall–Kier alpha value is -2.03. The van der Waals surface area contributed by atoms with Gasteiger partial charge in [0.05, 0.1) is 17.8 Å². The van der Waals surface area contributed by atoms with Crippen LogP contribution in [-0.2, 0) is 19.1 Å². The maximum absolute atomic E-state index is 12.3. The number of nitrogens with zero attached hydrogens (tertiary/aromatic N) is 1. The van der Waals surface area contributed by atoms with E-state index >= 15 is 0 Å². The van der Waals surface area contributed by atoms with Gasteiger partial charge in [-0.15, -0.1) is 11.3 Å². The first-order valence-electron chi connectivity index (χ1n) is 6.01. The second-order valence-electron chi connectivity index (χ2n) is 4.06. The van der Waals surface area contributed by atoms with E-state index < -0.39 is 17.9 Å². The van der Waals surface area contributed by atoms with Gasteiger partial charge in [0.2, 0.25) is 0 Å². The molecule has 2 heterocycles. The number of aromatic nitrogens is 1. The first kappa shape index (κ1) is 15.4. The Morgan fingerprint density at radius 2 is 2.19 bits per heavy atom. The van der Waals surface area contributed by atoms with E-state index in [0.29, 0.717) is 10.8 Å². The molecule has 114 valence electrons. The van der Waals surface area contributed by atoms with E-state index in [2.05, 4.69) is 15.6 Å². The number of carbonyl (C=O) groups is 1. The lowest BCUT2D eigenvalue weighted by Crippen LogP contribution is -2.36. The molecule has 0 aliphatic rings. The van der Waals surface area contributed by atoms with Gasteiger partial charge in [0.25, 0.3) is 0 Å². The number of carbonyl (C=O) groups excluding carboxylic acids is 1. The quantitative estimate of drug-likeness (QED) is 0.890. The molecule has 0 bridgehead atoms. The van der Waals surface area contributed by atoms with Crippen molar-refractivity contribution in [2.24, 2.45) is 0 Å². The number of hydrogen-bond acceptors (Lipinski definition) is 4. The summed E-state index contributed by atoms with van der Waals surface area (Å²) in [6.07, 6.45) is -2.69. The largest absolute Gasteiger partial charge is 0.467 e. The van der Waals surface area contributed by atoms with Crippen LogP contribution in [-0.4, -0.2) is 17.6 Å². The molecule has 0 fully saturated rings. The highest BCUT2D eigenvalue weighted by Gasteiger charge is 2.33. The van der Waals surface area contributed by atoms with E-state index in [9.17, 15) is 18.0 Å². The number of amides is 2. The van der Waals surface area contributed by atoms with Crippen molar-refractivity contribution < 1.29 is 22.4 Å². The molecule has 5 nitrogen and oxygen atoms in total. The smallest absolute Gasteiger partial charge is 0.434 e. The van der Waals surface area contributed by atoms with Crippen LogP contribution in [0.25, 0.3) is 0 Å². The van der Waals surface area contributed by atoms with E-state index in [-0.39, 0.29) is 19.5 Å². The summed E-state index contributed by atoms with van der Waals surface area (Å²) in [7, 11) is 0. The van der Waals surface area contributed by atoms with E-state index in [4.69, 9.17) is 4.42 Å². The Morgan fingerprint density at radius 1 is 1.38 bits per heavy atom. The van der Waals surface area contributed by atoms with E-state index in [1.54, 1.807) is 12.1 Å². The van der Waals surface area contributed by atoms with Crippen molar-refractivity contribution in [3.8, 4) is 0 Å². The van der Waals surface area contributed by atoms with Crippen molar-refractivity contribution in [3.05, 3.63) is 40.2 Å². The molecule has 9 heteroatoms. The summed E-state index contributed by atoms with van der Waals surface area (Å²) in [6.45, 7) is 0.448. The molecule has 2 aromatic rings. The Morgan fingerprint density at radius 3 is 2.81 bits per heavy atom. The van der Waals surface area contributed by atoms with Crippen molar-refractivity contribution in [1.82, 2.24) is 15.6 Å². The molecule has 0 saturated heterocycles. The molecular formula is C12H12F3N3O2S. The first-order chi connectivity index (χ1) is 9.95. The topological polar surface area (TPSA) is 67.2 Å². The third-order valence-electron chi connectivity index (χ3n) is 2.47. The second kappa shape index (κ2) is 6.61. The Balaban J connectivity index is 1.69. The zero-order valence-electron chi connectivity index (χ0n) is 10.7. The number of rotatable bonds is 5. The van der Waals surface area contributed by atoms with Gasteiger partial charge < -0.3 is 15.1 Å². The predicted molar refractivity (Wildman–Crippen MR) is 69.8 cm³/mol. The standard InChI is InChI=1S/C12H12F3N3O2S/c13-12(14,15)9-7-21-10(18-9)3-4-16-11(19)17-6-8-2-1-5-20-8/h1-2,5,7H,3-4,6H2,(H2,16,17,19). The summed E-state index contributed by atoms with van der Waals surface area (Å²) in [4.78, 5) is 14.9. The molecule has 0 unspecified atom stereocenters. The fourth-order valence-electron chi connectivity index (χ4n) is 1.48. The molecule has 21 heavy (non-hydrogen) atoms. The van der Waals surface area contributed by atoms with Crippen LogP contribution in [0, 0.1) is 0 Å². The average Bonchev–Trinajstić information content (AvgIpc) is 3.07. The summed E-state index contributed by atoms with van der Waals surface area (Å²) >= 11 is 0.922. The van der Waals surface area contributed by atoms with Crippen LogP contribution >= 0.6 is 11.3 Å². The van der Waals surface area contributed by atoms with Crippen LogP contribution in [0.3, 0.4) is 0 Å². The van der Waals surface area contributed by atoms with Crippen LogP contribution in [0.5, 0.6) is 0 Å². The molecule has 0 aromatic carbocycles. The Bertz CT molecular complexity index is 581. The number of hydrogen-bond donors (Lipinski definition) is 2. The van der Waals surface area contributed by atoms with Crippen molar-refractivity contribution >= 4 is 17.4 Å². The summed E-state index contributed by atoms with van der Waals surface area (Å²) < 4.78 is 42.1. The van der Waals surface area contributed by atoms with E-state index in [1.807, 2.05) is 0 Å². The third-order valence-corrected chi connectivity index (χ3v) is 3.38. The minimum atomic E-state index is -4.43. The van der Waals surface area contributed by atoms with E-state index in [1.165, 1.54) is 6.26 Å². The molecule has 0 aliphatic heterocycles. The zero-order chi connectivity index (χ0) is 15.3. The molecule has 0 aliphatic carbocycles. The van der Waals surface area contributed by atoms with Crippen LogP contribution < -0.4 is 10.6 Å². The van der Waals surface area contributed by atoms with Gasteiger partial charge >= 0.3 is 12.2 Å². The highest BCUT2D eigenvalue weighted by molar-refractivity contribution is 7.09. The summed E-state index contributed by atoms with van der Waals surface area (Å²) in [5.41, 5.74) is -0.898. The maximum Gasteiger partial charge on any atom is 0.434 e. The van der Waals surface area contributed by atoms with Gasteiger partial charge in [-0.3, -0.25) is 0 Å². The lowest BCUT2D eigenvalue weighted by Gasteiger charge is -2.05. The van der Waals surface area contributed by atoms with Gasteiger partial charge in [-0.1, -0.05) is 0 Å². The molecule has 2 N–H and O–H groups in total. The van der Waals surface area contributed by atoms with Crippen molar-refractivity contribution in [1.29, 1.82) is 0 Å². The Labute approximate surface area is 122 Å². The molecule has 0 spiro atoms. The minimum Gasteiger partial charge on any atom is -0.467 e. The van der Waals surface area contributed by atoms with Crippen LogP contribution in [0.4, 0.5) is 18.0 Å². The van der Waals surface area contributed by atoms with Crippen molar-refractivity contribution in [2.45, 2.75) is 19.1 Å². The van der Waals surface area contributed by atoms with Crippen molar-refractivity contribution in [3.63, 3.8) is 0 Å². The van der Waals surface area contributed by atoms with Gasteiger partial charge in [-0.05, 0) is 12.1 Å². The van der Waals surface area contributed by atoms with Gasteiger partial charge in [0.15, 0.2) is 5.69 Å². The van der Waals surface area contributed by atoms with Gasteiger partial charge in [0, 0.05) is 18.3 Å². The molecule has 2 aromatic heterocycles. The Kier molecular flexibility index (Phi) is 4.84. The van der Waals surface area contributed by atoms with Crippen molar-refractivity contribution in [2.75, 3.05) is 6.54 Å². The minimum absolute atomic E-state index is 0.203. The molecule has 0 saturated carbocycles. The van der Waals surface area contributed by atoms with E-state index in [0.717, 1.165) is 16.7 Å². The SMILES string of the molecule is O=C(NCCc1nc(C(F)(F)F)cs1)NCc1ccco1. The average molecular weight is 319 g/mol. The lowest BCUT2D eigenvalue weighted by molar-refractivity contribution is -0.140. The highest BCUT2D eigenvalue weighted by Crippen LogP contribution is 2.29. The molecule has 2 amide bonds. The van der Waals surface area contributed by atoms with Crippen LogP contribution in [0.15, 0.2) is 28.2 Å². The zero-order valence-corrected chi connectivity index (χ0v) is 11.6. The number of nitrogens with one attached hydrogen (secondary N) is 2. The fraction of sp³-hybridized carbons (Fsp3) is 0.333. The summed E-state index contributed by atoms with van der Waals surface area (Å²) in [6, 6.07) is 3.00. The summed E-state index contributed by atoms with van der Waals surface area (Å²) in [5, 5.41) is 6.39. The number of thiazole rings is 1. The van der Waals surface area contributed by atoms with Gasteiger partial charge in [-0.2, -0.15) is 13.2 Å². The number of halogens is 3. The van der Waals surface area contributed by atoms with Gasteiger partial charge in [-0.25, -0.2) is 9.78 Å². The number of alkyl halides is 3. The molecular weight excluding hydrogens is 307 g/mol. The second-order valence-corrected chi connectivity index (χ2v) is 5.01. The third kappa shape index (κ3) is 4.78. The molecule has 0 atom stereocenters. The van der Waals surface area contributed by atoms with Crippen LogP contribution in [0.2, 0.25) is 0 Å². The van der Waals surface area contributed by atoms with Gasteiger partial charge in [0.1, 0.15) is 5.76 Å². The van der Waals surface area contributed by atoms with Crippen LogP contribution in [0.1, 0.15) is 16.5 Å². The highest BCUT2D eigenvalue weighted by atomic mass is 32.1. The lowest BCUT2D eigenvalue weighted by atomic mass is 10.4. The molecule has 0 radical (unpaired) electrons. The normalized spacial score (nSPS) is 11.4. The predicted octanol–water partition coefficient (Wildman–Crippen LogP) is 2.80. The summed E-state index contributed by atoms with van der Waals surface area (Å²) in [5.74, 6) is 0.611. The first-order valence-corrected chi connectivity index (χ1v) is 6.89. The maximum atomic E-state index is 12.3. The monoisotopic (exact) mass is 319 g/mol. The number of furan rings is 1. The fourth-order valence-corrected chi connectivity index (χ4v) is 2.29. The molecule has 2 rings (SSSR count). The number of urea groups is 1.